The van der Waals surface area contributed by atoms with Crippen molar-refractivity contribution in [2.75, 3.05) is 44.2 Å². The molecule has 0 aromatic carbocycles. The topological polar surface area (TPSA) is 76.1 Å². The van der Waals surface area contributed by atoms with Crippen LogP contribution in [-0.2, 0) is 7.05 Å². The highest BCUT2D eigenvalue weighted by Crippen LogP contribution is 2.24. The molecule has 7 nitrogen and oxygen atoms in total. The summed E-state index contributed by atoms with van der Waals surface area (Å²) in [4.78, 5) is 13.8. The van der Waals surface area contributed by atoms with E-state index in [4.69, 9.17) is 5.73 Å². The Bertz CT molecular complexity index is 608. The van der Waals surface area contributed by atoms with Gasteiger partial charge in [0.15, 0.2) is 5.65 Å². The summed E-state index contributed by atoms with van der Waals surface area (Å²) in [6.07, 6.45) is 1.86. The molecule has 0 radical (unpaired) electrons. The third-order valence-corrected chi connectivity index (χ3v) is 3.80. The van der Waals surface area contributed by atoms with Gasteiger partial charge in [-0.2, -0.15) is 5.10 Å². The predicted octanol–water partition coefficient (Wildman–Crippen LogP) is 0.596. The number of piperazine rings is 1. The van der Waals surface area contributed by atoms with Crippen LogP contribution in [-0.4, -0.2) is 63.9 Å². The first-order valence-electron chi connectivity index (χ1n) is 7.03. The molecule has 0 unspecified atom stereocenters. The van der Waals surface area contributed by atoms with Crippen molar-refractivity contribution >= 4 is 41.7 Å². The molecule has 2 aromatic rings. The molecule has 0 saturated carbocycles. The van der Waals surface area contributed by atoms with Crippen molar-refractivity contribution < 1.29 is 0 Å². The zero-order valence-corrected chi connectivity index (χ0v) is 14.5. The molecule has 0 spiro atoms. The van der Waals surface area contributed by atoms with Crippen molar-refractivity contribution in [1.82, 2.24) is 24.6 Å². The van der Waals surface area contributed by atoms with Crippen molar-refractivity contribution in [3.63, 3.8) is 0 Å². The number of nitrogens with zero attached hydrogens (tertiary/aromatic N) is 6. The SMILES string of the molecule is Cc1nc(N2CCN(CCN)CC2)c2cnn(C)c2n1.Cl.Cl. The lowest BCUT2D eigenvalue weighted by Crippen LogP contribution is -2.48. The first-order valence-corrected chi connectivity index (χ1v) is 7.03. The van der Waals surface area contributed by atoms with E-state index in [-0.39, 0.29) is 24.8 Å². The largest absolute Gasteiger partial charge is 0.353 e. The van der Waals surface area contributed by atoms with Gasteiger partial charge in [-0.05, 0) is 6.92 Å². The van der Waals surface area contributed by atoms with Crippen molar-refractivity contribution in [3.8, 4) is 0 Å². The minimum Gasteiger partial charge on any atom is -0.353 e. The van der Waals surface area contributed by atoms with Gasteiger partial charge < -0.3 is 10.6 Å². The van der Waals surface area contributed by atoms with Crippen molar-refractivity contribution in [2.45, 2.75) is 6.92 Å². The minimum atomic E-state index is 0. The summed E-state index contributed by atoms with van der Waals surface area (Å²) in [5.41, 5.74) is 6.52. The van der Waals surface area contributed by atoms with Crippen LogP contribution in [0.3, 0.4) is 0 Å². The zero-order chi connectivity index (χ0) is 14.1. The summed E-state index contributed by atoms with van der Waals surface area (Å²) in [5.74, 6) is 1.80. The maximum absolute atomic E-state index is 5.62. The molecular weight excluding hydrogens is 325 g/mol. The first-order chi connectivity index (χ1) is 9.69. The number of fused-ring (bicyclic) bond motifs is 1. The lowest BCUT2D eigenvalue weighted by atomic mass is 10.2. The highest BCUT2D eigenvalue weighted by molar-refractivity contribution is 5.87. The van der Waals surface area contributed by atoms with Gasteiger partial charge in [0.1, 0.15) is 11.6 Å². The molecule has 124 valence electrons. The zero-order valence-electron chi connectivity index (χ0n) is 12.9. The molecule has 0 bridgehead atoms. The molecule has 1 fully saturated rings. The molecule has 3 heterocycles. The van der Waals surface area contributed by atoms with Crippen LogP contribution in [0.15, 0.2) is 6.20 Å². The predicted molar refractivity (Wildman–Crippen MR) is 93.2 cm³/mol. The molecular formula is C13H23Cl2N7. The van der Waals surface area contributed by atoms with E-state index in [1.807, 2.05) is 20.2 Å². The molecule has 0 aliphatic carbocycles. The van der Waals surface area contributed by atoms with Crippen LogP contribution in [0.2, 0.25) is 0 Å². The maximum atomic E-state index is 5.62. The summed E-state index contributed by atoms with van der Waals surface area (Å²) in [5, 5.41) is 5.33. The van der Waals surface area contributed by atoms with E-state index < -0.39 is 0 Å². The standard InChI is InChI=1S/C13H21N7.2ClH/c1-10-16-12-11(9-15-18(12)2)13(17-10)20-7-5-19(4-3-14)6-8-20;;/h9H,3-8,14H2,1-2H3;2*1H. The van der Waals surface area contributed by atoms with E-state index in [1.54, 1.807) is 4.68 Å². The molecule has 22 heavy (non-hydrogen) atoms. The summed E-state index contributed by atoms with van der Waals surface area (Å²) in [7, 11) is 1.91. The Balaban J connectivity index is 0.00000121. The fraction of sp³-hybridized carbons (Fsp3) is 0.615. The van der Waals surface area contributed by atoms with Gasteiger partial charge in [-0.3, -0.25) is 9.58 Å². The van der Waals surface area contributed by atoms with E-state index in [9.17, 15) is 0 Å². The summed E-state index contributed by atoms with van der Waals surface area (Å²) >= 11 is 0. The maximum Gasteiger partial charge on any atom is 0.163 e. The second-order valence-electron chi connectivity index (χ2n) is 5.22. The molecule has 0 atom stereocenters. The number of aryl methyl sites for hydroxylation is 2. The van der Waals surface area contributed by atoms with Gasteiger partial charge in [-0.25, -0.2) is 9.97 Å². The Labute approximate surface area is 142 Å². The number of nitrogens with two attached hydrogens (primary N) is 1. The molecule has 1 aliphatic heterocycles. The lowest BCUT2D eigenvalue weighted by Gasteiger charge is -2.35. The number of aromatic nitrogens is 4. The van der Waals surface area contributed by atoms with Crippen LogP contribution < -0.4 is 10.6 Å². The summed E-state index contributed by atoms with van der Waals surface area (Å²) < 4.78 is 1.80. The average Bonchev–Trinajstić information content (AvgIpc) is 2.81. The number of hydrogen-bond donors (Lipinski definition) is 1. The van der Waals surface area contributed by atoms with Gasteiger partial charge >= 0.3 is 0 Å². The van der Waals surface area contributed by atoms with Crippen LogP contribution >= 0.6 is 24.8 Å². The van der Waals surface area contributed by atoms with Crippen molar-refractivity contribution in [1.29, 1.82) is 0 Å². The van der Waals surface area contributed by atoms with Crippen LogP contribution in [0.5, 0.6) is 0 Å². The molecule has 9 heteroatoms. The van der Waals surface area contributed by atoms with Crippen LogP contribution in [0.4, 0.5) is 5.82 Å². The Morgan fingerprint density at radius 2 is 1.82 bits per heavy atom. The van der Waals surface area contributed by atoms with E-state index in [0.717, 1.165) is 61.9 Å². The Hall–Kier alpha value is -1.15. The molecule has 2 N–H and O–H groups in total. The van der Waals surface area contributed by atoms with Crippen LogP contribution in [0.25, 0.3) is 11.0 Å². The van der Waals surface area contributed by atoms with E-state index >= 15 is 0 Å². The van der Waals surface area contributed by atoms with Crippen LogP contribution in [0, 0.1) is 6.92 Å². The quantitative estimate of drug-likeness (QED) is 0.875. The van der Waals surface area contributed by atoms with Crippen LogP contribution in [0.1, 0.15) is 5.82 Å². The fourth-order valence-corrected chi connectivity index (χ4v) is 2.72. The van der Waals surface area contributed by atoms with Crippen molar-refractivity contribution in [3.05, 3.63) is 12.0 Å². The molecule has 0 amide bonds. The first kappa shape index (κ1) is 18.9. The highest BCUT2D eigenvalue weighted by Gasteiger charge is 2.21. The van der Waals surface area contributed by atoms with E-state index in [2.05, 4.69) is 24.9 Å². The van der Waals surface area contributed by atoms with E-state index in [0.29, 0.717) is 0 Å². The smallest absolute Gasteiger partial charge is 0.163 e. The van der Waals surface area contributed by atoms with Gasteiger partial charge in [-0.1, -0.05) is 0 Å². The molecule has 1 saturated heterocycles. The number of hydrogen-bond acceptors (Lipinski definition) is 6. The second-order valence-corrected chi connectivity index (χ2v) is 5.22. The fourth-order valence-electron chi connectivity index (χ4n) is 2.72. The highest BCUT2D eigenvalue weighted by atomic mass is 35.5. The van der Waals surface area contributed by atoms with Gasteiger partial charge in [0.05, 0.1) is 11.6 Å². The Kier molecular flexibility index (Phi) is 6.80. The average molecular weight is 348 g/mol. The lowest BCUT2D eigenvalue weighted by molar-refractivity contribution is 0.264. The number of halogens is 2. The number of rotatable bonds is 3. The molecule has 2 aromatic heterocycles. The molecule has 3 rings (SSSR count). The van der Waals surface area contributed by atoms with Crippen molar-refractivity contribution in [2.24, 2.45) is 12.8 Å². The van der Waals surface area contributed by atoms with E-state index in [1.165, 1.54) is 0 Å². The Morgan fingerprint density at radius 3 is 2.45 bits per heavy atom. The van der Waals surface area contributed by atoms with Gasteiger partial charge in [0.2, 0.25) is 0 Å². The normalized spacial score (nSPS) is 15.5. The third-order valence-electron chi connectivity index (χ3n) is 3.80. The molecule has 1 aliphatic rings. The van der Waals surface area contributed by atoms with Gasteiger partial charge in [0.25, 0.3) is 0 Å². The number of anilines is 1. The third kappa shape index (κ3) is 3.60. The minimum absolute atomic E-state index is 0. The second kappa shape index (κ2) is 7.92. The van der Waals surface area contributed by atoms with Gasteiger partial charge in [-0.15, -0.1) is 24.8 Å². The monoisotopic (exact) mass is 347 g/mol. The summed E-state index contributed by atoms with van der Waals surface area (Å²) in [6.45, 7) is 7.63. The Morgan fingerprint density at radius 1 is 1.14 bits per heavy atom. The summed E-state index contributed by atoms with van der Waals surface area (Å²) in [6, 6.07) is 0. The van der Waals surface area contributed by atoms with Gasteiger partial charge in [0, 0.05) is 46.3 Å².